The van der Waals surface area contributed by atoms with Crippen LogP contribution in [0.5, 0.6) is 0 Å². The molecule has 0 saturated heterocycles. The average Bonchev–Trinajstić information content (AvgIpc) is 2.44. The maximum Gasteiger partial charge on any atom is 0.397 e. The molecule has 1 heterocycles. The molecule has 0 aliphatic rings. The highest BCUT2D eigenvalue weighted by Gasteiger charge is 2.04. The number of hydrogen-bond donors (Lipinski definition) is 3. The summed E-state index contributed by atoms with van der Waals surface area (Å²) in [5.41, 5.74) is 5.23. The van der Waals surface area contributed by atoms with E-state index in [1.54, 1.807) is 0 Å². The van der Waals surface area contributed by atoms with Crippen LogP contribution >= 0.6 is 0 Å². The van der Waals surface area contributed by atoms with Gasteiger partial charge < -0.3 is 5.73 Å². The molecule has 0 aliphatic heterocycles. The summed E-state index contributed by atoms with van der Waals surface area (Å²) in [5.74, 6) is 0.678. The van der Waals surface area contributed by atoms with Crippen LogP contribution in [0.3, 0.4) is 0 Å². The third-order valence-electron chi connectivity index (χ3n) is 1.34. The predicted molar refractivity (Wildman–Crippen MR) is 46.6 cm³/mol. The number of nitrogens with one attached hydrogen (secondary N) is 1. The van der Waals surface area contributed by atoms with Crippen LogP contribution in [-0.4, -0.2) is 34.8 Å². The highest BCUT2D eigenvalue weighted by molar-refractivity contribution is 7.80. The van der Waals surface area contributed by atoms with Crippen molar-refractivity contribution in [3.05, 3.63) is 5.82 Å². The van der Waals surface area contributed by atoms with Crippen molar-refractivity contribution in [1.29, 1.82) is 0 Å². The first-order valence-corrected chi connectivity index (χ1v) is 5.12. The number of nitrogens with two attached hydrogens (primary N) is 1. The van der Waals surface area contributed by atoms with Crippen molar-refractivity contribution in [2.45, 2.75) is 12.8 Å². The molecule has 8 nitrogen and oxygen atoms in total. The molecule has 0 amide bonds. The minimum Gasteiger partial charge on any atom is -0.367 e. The molecule has 1 aromatic heterocycles. The molecule has 1 rings (SSSR count). The van der Waals surface area contributed by atoms with Gasteiger partial charge in [-0.15, -0.1) is 5.10 Å². The van der Waals surface area contributed by atoms with Crippen LogP contribution in [0.25, 0.3) is 0 Å². The molecule has 1 aromatic rings. The van der Waals surface area contributed by atoms with Crippen LogP contribution in [0.1, 0.15) is 12.2 Å². The van der Waals surface area contributed by atoms with Gasteiger partial charge in [0.25, 0.3) is 0 Å². The van der Waals surface area contributed by atoms with Gasteiger partial charge in [0.1, 0.15) is 5.82 Å². The molecule has 80 valence electrons. The molecule has 0 bridgehead atoms. The Bertz CT molecular complexity index is 386. The molecule has 0 radical (unpaired) electrons. The number of aromatic amines is 1. The summed E-state index contributed by atoms with van der Waals surface area (Å²) in [6, 6.07) is 0. The Morgan fingerprint density at radius 1 is 1.57 bits per heavy atom. The first-order valence-electron chi connectivity index (χ1n) is 3.76. The summed E-state index contributed by atoms with van der Waals surface area (Å²) >= 11 is 0. The highest BCUT2D eigenvalue weighted by Crippen LogP contribution is 1.98. The zero-order valence-electron chi connectivity index (χ0n) is 7.17. The average molecular weight is 222 g/mol. The van der Waals surface area contributed by atoms with Gasteiger partial charge in [-0.05, 0) is 6.42 Å². The van der Waals surface area contributed by atoms with Crippen molar-refractivity contribution in [3.8, 4) is 0 Å². The standard InChI is InChI=1S/C5H10N4O4S/c6-5-7-4(8-9-5)2-1-3-13-14(10,11)12/h1-3H2,(H,10,11,12)(H3,6,7,8,9). The third kappa shape index (κ3) is 4.16. The number of aromatic nitrogens is 3. The minimum absolute atomic E-state index is 0.112. The van der Waals surface area contributed by atoms with Gasteiger partial charge in [-0.2, -0.15) is 13.4 Å². The summed E-state index contributed by atoms with van der Waals surface area (Å²) in [6.07, 6.45) is 0.828. The molecule has 0 spiro atoms. The first kappa shape index (κ1) is 10.9. The number of nitrogens with zero attached hydrogens (tertiary/aromatic N) is 2. The second-order valence-corrected chi connectivity index (χ2v) is 3.58. The van der Waals surface area contributed by atoms with E-state index in [0.29, 0.717) is 18.7 Å². The van der Waals surface area contributed by atoms with Gasteiger partial charge in [-0.1, -0.05) is 0 Å². The van der Waals surface area contributed by atoms with Gasteiger partial charge in [-0.3, -0.25) is 9.65 Å². The topological polar surface area (TPSA) is 131 Å². The quantitative estimate of drug-likeness (QED) is 0.436. The van der Waals surface area contributed by atoms with Crippen molar-refractivity contribution >= 4 is 16.3 Å². The number of aryl methyl sites for hydroxylation is 1. The zero-order chi connectivity index (χ0) is 10.6. The lowest BCUT2D eigenvalue weighted by molar-refractivity contribution is 0.264. The fourth-order valence-electron chi connectivity index (χ4n) is 0.826. The van der Waals surface area contributed by atoms with Crippen LogP contribution in [0.15, 0.2) is 0 Å². The Morgan fingerprint density at radius 3 is 2.79 bits per heavy atom. The van der Waals surface area contributed by atoms with Gasteiger partial charge in [0, 0.05) is 6.42 Å². The zero-order valence-corrected chi connectivity index (χ0v) is 7.99. The second-order valence-electron chi connectivity index (χ2n) is 2.49. The maximum atomic E-state index is 10.1. The number of anilines is 1. The van der Waals surface area contributed by atoms with Gasteiger partial charge >= 0.3 is 10.4 Å². The lowest BCUT2D eigenvalue weighted by Gasteiger charge is -1.97. The normalized spacial score (nSPS) is 11.8. The van der Waals surface area contributed by atoms with E-state index in [4.69, 9.17) is 10.3 Å². The lowest BCUT2D eigenvalue weighted by Crippen LogP contribution is -2.06. The van der Waals surface area contributed by atoms with Crippen molar-refractivity contribution in [1.82, 2.24) is 15.2 Å². The largest absolute Gasteiger partial charge is 0.397 e. The number of H-pyrrole nitrogens is 1. The minimum atomic E-state index is -4.34. The van der Waals surface area contributed by atoms with Gasteiger partial charge in [0.2, 0.25) is 5.95 Å². The highest BCUT2D eigenvalue weighted by atomic mass is 32.3. The van der Waals surface area contributed by atoms with Crippen molar-refractivity contribution in [3.63, 3.8) is 0 Å². The molecule has 0 aliphatic carbocycles. The van der Waals surface area contributed by atoms with E-state index in [2.05, 4.69) is 19.4 Å². The van der Waals surface area contributed by atoms with E-state index in [1.807, 2.05) is 0 Å². The van der Waals surface area contributed by atoms with Crippen LogP contribution in [0.4, 0.5) is 5.95 Å². The molecule has 4 N–H and O–H groups in total. The lowest BCUT2D eigenvalue weighted by atomic mass is 10.3. The molecule has 9 heteroatoms. The molecule has 0 fully saturated rings. The summed E-state index contributed by atoms with van der Waals surface area (Å²) < 4.78 is 32.6. The fourth-order valence-corrected chi connectivity index (χ4v) is 1.15. The number of hydrogen-bond acceptors (Lipinski definition) is 6. The van der Waals surface area contributed by atoms with Crippen LogP contribution in [-0.2, 0) is 21.0 Å². The Labute approximate surface area is 80.4 Å². The van der Waals surface area contributed by atoms with Crippen molar-refractivity contribution in [2.75, 3.05) is 12.3 Å². The molecule has 0 atom stereocenters. The third-order valence-corrected chi connectivity index (χ3v) is 1.80. The fraction of sp³-hybridized carbons (Fsp3) is 0.600. The van der Waals surface area contributed by atoms with E-state index in [-0.39, 0.29) is 12.6 Å². The van der Waals surface area contributed by atoms with Crippen LogP contribution in [0.2, 0.25) is 0 Å². The van der Waals surface area contributed by atoms with Gasteiger partial charge in [0.15, 0.2) is 0 Å². The van der Waals surface area contributed by atoms with Gasteiger partial charge in [0.05, 0.1) is 6.61 Å². The summed E-state index contributed by atoms with van der Waals surface area (Å²) in [6.45, 7) is -0.112. The Balaban J connectivity index is 2.23. The first-order chi connectivity index (χ1) is 6.47. The molecular formula is C5H10N4O4S. The number of nitrogen functional groups attached to an aromatic ring is 1. The second kappa shape index (κ2) is 4.35. The van der Waals surface area contributed by atoms with Crippen LogP contribution < -0.4 is 5.73 Å². The van der Waals surface area contributed by atoms with E-state index in [1.165, 1.54) is 0 Å². The summed E-state index contributed by atoms with van der Waals surface area (Å²) in [5, 5.41) is 6.13. The number of rotatable bonds is 5. The molecular weight excluding hydrogens is 212 g/mol. The molecule has 0 saturated carbocycles. The summed E-state index contributed by atoms with van der Waals surface area (Å²) in [4.78, 5) is 3.79. The Morgan fingerprint density at radius 2 is 2.29 bits per heavy atom. The van der Waals surface area contributed by atoms with Crippen LogP contribution in [0, 0.1) is 0 Å². The Hall–Kier alpha value is -1.19. The monoisotopic (exact) mass is 222 g/mol. The maximum absolute atomic E-state index is 10.1. The predicted octanol–water partition coefficient (Wildman–Crippen LogP) is -0.861. The molecule has 0 unspecified atom stereocenters. The Kier molecular flexibility index (Phi) is 3.38. The van der Waals surface area contributed by atoms with E-state index in [0.717, 1.165) is 0 Å². The van der Waals surface area contributed by atoms with Crippen molar-refractivity contribution in [2.24, 2.45) is 0 Å². The summed E-state index contributed by atoms with van der Waals surface area (Å²) in [7, 11) is -4.34. The van der Waals surface area contributed by atoms with E-state index in [9.17, 15) is 8.42 Å². The van der Waals surface area contributed by atoms with Gasteiger partial charge in [-0.25, -0.2) is 4.18 Å². The molecule has 0 aromatic carbocycles. The smallest absolute Gasteiger partial charge is 0.367 e. The van der Waals surface area contributed by atoms with E-state index < -0.39 is 10.4 Å². The van der Waals surface area contributed by atoms with E-state index >= 15 is 0 Å². The molecule has 14 heavy (non-hydrogen) atoms. The van der Waals surface area contributed by atoms with Crippen molar-refractivity contribution < 1.29 is 17.2 Å². The SMILES string of the molecule is Nc1n[nH]c(CCCOS(=O)(=O)O)n1.